The maximum Gasteiger partial charge on any atom is 0.441 e. The molecule has 0 aliphatic heterocycles. The smallest absolute Gasteiger partial charge is 0.441 e. The first-order chi connectivity index (χ1) is 11.8. The number of halogens is 4. The van der Waals surface area contributed by atoms with Crippen molar-refractivity contribution in [2.75, 3.05) is 23.8 Å². The molecule has 0 saturated heterocycles. The number of hydrogen-bond donors (Lipinski definition) is 0. The highest BCUT2D eigenvalue weighted by molar-refractivity contribution is 8.00. The van der Waals surface area contributed by atoms with E-state index in [1.165, 1.54) is 15.8 Å². The number of pyridine rings is 1. The van der Waals surface area contributed by atoms with Gasteiger partial charge in [0.05, 0.1) is 18.1 Å². The van der Waals surface area contributed by atoms with Gasteiger partial charge in [-0.15, -0.1) is 0 Å². The average Bonchev–Trinajstić information content (AvgIpc) is 2.94. The number of anilines is 1. The Morgan fingerprint density at radius 1 is 1.48 bits per heavy atom. The Kier molecular flexibility index (Phi) is 6.54. The van der Waals surface area contributed by atoms with E-state index in [1.54, 1.807) is 31.5 Å². The summed E-state index contributed by atoms with van der Waals surface area (Å²) in [4.78, 5) is 17.3. The first-order valence-electron chi connectivity index (χ1n) is 7.12. The fourth-order valence-electron chi connectivity index (χ4n) is 1.91. The first-order valence-corrected chi connectivity index (χ1v) is 8.48. The summed E-state index contributed by atoms with van der Waals surface area (Å²) in [6.45, 7) is 1.53. The highest BCUT2D eigenvalue weighted by Gasteiger charge is 2.28. The van der Waals surface area contributed by atoms with E-state index in [-0.39, 0.29) is 35.8 Å². The summed E-state index contributed by atoms with van der Waals surface area (Å²) < 4.78 is 42.5. The van der Waals surface area contributed by atoms with Crippen molar-refractivity contribution in [1.29, 1.82) is 0 Å². The van der Waals surface area contributed by atoms with Crippen molar-refractivity contribution in [3.05, 3.63) is 35.9 Å². The van der Waals surface area contributed by atoms with Gasteiger partial charge in [-0.2, -0.15) is 18.3 Å². The molecule has 0 radical (unpaired) electrons. The van der Waals surface area contributed by atoms with Gasteiger partial charge in [-0.05, 0) is 30.8 Å². The van der Waals surface area contributed by atoms with E-state index in [1.807, 2.05) is 0 Å². The van der Waals surface area contributed by atoms with Crippen LogP contribution in [0.5, 0.6) is 0 Å². The van der Waals surface area contributed by atoms with Gasteiger partial charge >= 0.3 is 11.6 Å². The van der Waals surface area contributed by atoms with Crippen molar-refractivity contribution in [1.82, 2.24) is 14.8 Å². The van der Waals surface area contributed by atoms with Crippen LogP contribution in [0.4, 0.5) is 23.7 Å². The van der Waals surface area contributed by atoms with Crippen molar-refractivity contribution in [3.63, 3.8) is 0 Å². The van der Waals surface area contributed by atoms with Gasteiger partial charge in [-0.25, -0.2) is 9.48 Å². The Hall–Kier alpha value is -1.94. The number of ether oxygens (including phenoxy) is 1. The molecule has 11 heteroatoms. The van der Waals surface area contributed by atoms with Crippen LogP contribution in [-0.2, 0) is 4.74 Å². The van der Waals surface area contributed by atoms with E-state index in [0.717, 1.165) is 0 Å². The number of hydrogen-bond acceptors (Lipinski definition) is 5. The minimum Gasteiger partial charge on any atom is -0.448 e. The van der Waals surface area contributed by atoms with Crippen molar-refractivity contribution in [2.45, 2.75) is 12.4 Å². The minimum atomic E-state index is -4.36. The standard InChI is InChI=1S/C14H14ClF3N4O2S/c1-2-21(13(23)24-6-7-25-14(16,17)18)11-9-22(20-12(11)15)10-4-3-5-19-8-10/h3-5,8-9H,2,6-7H2,1H3. The van der Waals surface area contributed by atoms with Crippen LogP contribution in [0.3, 0.4) is 0 Å². The van der Waals surface area contributed by atoms with E-state index >= 15 is 0 Å². The molecule has 136 valence electrons. The van der Waals surface area contributed by atoms with Crippen LogP contribution in [-0.4, -0.2) is 45.3 Å². The number of carbonyl (C=O) groups is 1. The summed E-state index contributed by atoms with van der Waals surface area (Å²) in [5.74, 6) is -0.379. The number of thioether (sulfide) groups is 1. The maximum absolute atomic E-state index is 12.1. The molecule has 0 aliphatic carbocycles. The largest absolute Gasteiger partial charge is 0.448 e. The predicted molar refractivity (Wildman–Crippen MR) is 89.3 cm³/mol. The molecule has 0 bridgehead atoms. The van der Waals surface area contributed by atoms with Crippen LogP contribution < -0.4 is 4.90 Å². The second-order valence-corrected chi connectivity index (χ2v) is 6.13. The summed E-state index contributed by atoms with van der Waals surface area (Å²) in [7, 11) is 0. The Morgan fingerprint density at radius 3 is 2.84 bits per heavy atom. The summed E-state index contributed by atoms with van der Waals surface area (Å²) in [6.07, 6.45) is 3.90. The van der Waals surface area contributed by atoms with Gasteiger partial charge in [-0.1, -0.05) is 11.6 Å². The van der Waals surface area contributed by atoms with Crippen LogP contribution in [0.2, 0.25) is 5.15 Å². The molecular weight excluding hydrogens is 381 g/mol. The Balaban J connectivity index is 2.05. The Labute approximate surface area is 150 Å². The van der Waals surface area contributed by atoms with E-state index in [0.29, 0.717) is 11.4 Å². The molecule has 0 unspecified atom stereocenters. The Morgan fingerprint density at radius 2 is 2.24 bits per heavy atom. The molecule has 0 fully saturated rings. The third-order valence-corrected chi connectivity index (χ3v) is 3.93. The second kappa shape index (κ2) is 8.43. The molecular formula is C14H14ClF3N4O2S. The third kappa shape index (κ3) is 5.53. The highest BCUT2D eigenvalue weighted by Crippen LogP contribution is 2.30. The molecule has 0 spiro atoms. The molecule has 6 nitrogen and oxygen atoms in total. The average molecular weight is 395 g/mol. The third-order valence-electron chi connectivity index (χ3n) is 2.96. The van der Waals surface area contributed by atoms with Crippen molar-refractivity contribution in [2.24, 2.45) is 0 Å². The van der Waals surface area contributed by atoms with Gasteiger partial charge in [-0.3, -0.25) is 9.88 Å². The molecule has 0 saturated carbocycles. The molecule has 1 amide bonds. The van der Waals surface area contributed by atoms with E-state index in [4.69, 9.17) is 16.3 Å². The zero-order valence-corrected chi connectivity index (χ0v) is 14.6. The van der Waals surface area contributed by atoms with Gasteiger partial charge in [0, 0.05) is 18.5 Å². The summed E-state index contributed by atoms with van der Waals surface area (Å²) in [5.41, 5.74) is -3.42. The van der Waals surface area contributed by atoms with Crippen molar-refractivity contribution < 1.29 is 22.7 Å². The minimum absolute atomic E-state index is 0.0623. The number of aromatic nitrogens is 3. The monoisotopic (exact) mass is 394 g/mol. The maximum atomic E-state index is 12.1. The molecule has 0 aromatic carbocycles. The zero-order chi connectivity index (χ0) is 18.4. The van der Waals surface area contributed by atoms with Crippen molar-refractivity contribution in [3.8, 4) is 5.69 Å². The quantitative estimate of drug-likeness (QED) is 0.689. The number of nitrogens with zero attached hydrogens (tertiary/aromatic N) is 4. The highest BCUT2D eigenvalue weighted by atomic mass is 35.5. The SMILES string of the molecule is CCN(C(=O)OCCSC(F)(F)F)c1cn(-c2cccnc2)nc1Cl. The molecule has 0 N–H and O–H groups in total. The van der Waals surface area contributed by atoms with Crippen LogP contribution >= 0.6 is 23.4 Å². The van der Waals surface area contributed by atoms with Gasteiger partial charge in [0.15, 0.2) is 5.15 Å². The van der Waals surface area contributed by atoms with E-state index < -0.39 is 11.6 Å². The Bertz CT molecular complexity index is 712. The number of rotatable bonds is 6. The molecule has 2 aromatic heterocycles. The van der Waals surface area contributed by atoms with Gasteiger partial charge in [0.1, 0.15) is 12.3 Å². The van der Waals surface area contributed by atoms with Gasteiger partial charge < -0.3 is 4.74 Å². The molecule has 2 rings (SSSR count). The number of amides is 1. The lowest BCUT2D eigenvalue weighted by molar-refractivity contribution is -0.0330. The summed E-state index contributed by atoms with van der Waals surface area (Å²) in [5, 5.41) is 4.16. The fraction of sp³-hybridized carbons (Fsp3) is 0.357. The van der Waals surface area contributed by atoms with Gasteiger partial charge in [0.2, 0.25) is 0 Å². The summed E-state index contributed by atoms with van der Waals surface area (Å²) >= 11 is 5.83. The fourth-order valence-corrected chi connectivity index (χ4v) is 2.54. The van der Waals surface area contributed by atoms with E-state index in [2.05, 4.69) is 10.1 Å². The molecule has 2 aromatic rings. The number of carbonyl (C=O) groups excluding carboxylic acids is 1. The molecule has 0 aliphatic rings. The summed E-state index contributed by atoms with van der Waals surface area (Å²) in [6, 6.07) is 3.47. The van der Waals surface area contributed by atoms with E-state index in [9.17, 15) is 18.0 Å². The lowest BCUT2D eigenvalue weighted by Crippen LogP contribution is -2.31. The van der Waals surface area contributed by atoms with Gasteiger partial charge in [0.25, 0.3) is 0 Å². The van der Waals surface area contributed by atoms with Crippen LogP contribution in [0, 0.1) is 0 Å². The van der Waals surface area contributed by atoms with Crippen LogP contribution in [0.15, 0.2) is 30.7 Å². The zero-order valence-electron chi connectivity index (χ0n) is 13.0. The number of alkyl halides is 3. The van der Waals surface area contributed by atoms with Crippen LogP contribution in [0.25, 0.3) is 5.69 Å². The van der Waals surface area contributed by atoms with Crippen molar-refractivity contribution >= 4 is 35.1 Å². The predicted octanol–water partition coefficient (Wildman–Crippen LogP) is 4.14. The topological polar surface area (TPSA) is 60.2 Å². The normalized spacial score (nSPS) is 11.4. The lowest BCUT2D eigenvalue weighted by Gasteiger charge is -2.19. The lowest BCUT2D eigenvalue weighted by atomic mass is 10.4. The molecule has 2 heterocycles. The second-order valence-electron chi connectivity index (χ2n) is 4.61. The molecule has 0 atom stereocenters. The molecule has 25 heavy (non-hydrogen) atoms. The van der Waals surface area contributed by atoms with Crippen LogP contribution in [0.1, 0.15) is 6.92 Å². The first kappa shape index (κ1) is 19.4.